The molecule has 0 aliphatic heterocycles. The molecule has 0 saturated heterocycles. The summed E-state index contributed by atoms with van der Waals surface area (Å²) < 4.78 is 5.18. The molecule has 136 valence electrons. The van der Waals surface area contributed by atoms with Crippen molar-refractivity contribution in [3.63, 3.8) is 0 Å². The molecule has 0 amide bonds. The van der Waals surface area contributed by atoms with Crippen molar-refractivity contribution in [2.24, 2.45) is 0 Å². The molecule has 0 bridgehead atoms. The minimum atomic E-state index is -1.13. The second kappa shape index (κ2) is 8.46. The van der Waals surface area contributed by atoms with Crippen molar-refractivity contribution in [1.82, 2.24) is 5.32 Å². The van der Waals surface area contributed by atoms with Crippen LogP contribution in [0.15, 0.2) is 24.3 Å². The van der Waals surface area contributed by atoms with E-state index in [2.05, 4.69) is 17.5 Å². The maximum absolute atomic E-state index is 11.8. The van der Waals surface area contributed by atoms with Gasteiger partial charge in [-0.05, 0) is 70.1 Å². The van der Waals surface area contributed by atoms with Crippen molar-refractivity contribution in [2.75, 3.05) is 6.54 Å². The molecule has 1 aliphatic carbocycles. The van der Waals surface area contributed by atoms with Gasteiger partial charge in [-0.25, -0.2) is 4.79 Å². The molecule has 25 heavy (non-hydrogen) atoms. The van der Waals surface area contributed by atoms with Crippen LogP contribution in [0.25, 0.3) is 0 Å². The van der Waals surface area contributed by atoms with Gasteiger partial charge in [0.05, 0.1) is 11.6 Å². The van der Waals surface area contributed by atoms with Crippen molar-refractivity contribution in [2.45, 2.75) is 70.1 Å². The van der Waals surface area contributed by atoms with E-state index in [9.17, 15) is 9.90 Å². The van der Waals surface area contributed by atoms with E-state index in [1.165, 1.54) is 5.56 Å². The van der Waals surface area contributed by atoms with Crippen molar-refractivity contribution >= 4 is 5.97 Å². The summed E-state index contributed by atoms with van der Waals surface area (Å²) in [6.07, 6.45) is 2.92. The number of esters is 1. The maximum atomic E-state index is 11.8. The summed E-state index contributed by atoms with van der Waals surface area (Å²) in [7, 11) is 0. The molecule has 2 N–H and O–H groups in total. The molecule has 1 fully saturated rings. The lowest BCUT2D eigenvalue weighted by atomic mass is 9.81. The van der Waals surface area contributed by atoms with E-state index in [1.54, 1.807) is 20.8 Å². The van der Waals surface area contributed by atoms with Gasteiger partial charge in [-0.2, -0.15) is 5.26 Å². The van der Waals surface area contributed by atoms with Gasteiger partial charge in [-0.1, -0.05) is 12.1 Å². The Hall–Kier alpha value is -1.90. The lowest BCUT2D eigenvalue weighted by molar-refractivity contribution is -0.164. The normalized spacial score (nSPS) is 22.0. The molecule has 2 rings (SSSR count). The summed E-state index contributed by atoms with van der Waals surface area (Å²) in [6, 6.07) is 10.3. The fourth-order valence-corrected chi connectivity index (χ4v) is 3.22. The van der Waals surface area contributed by atoms with Crippen molar-refractivity contribution in [1.29, 1.82) is 5.26 Å². The lowest BCUT2D eigenvalue weighted by Gasteiger charge is -2.30. The van der Waals surface area contributed by atoms with E-state index in [1.807, 2.05) is 18.2 Å². The highest BCUT2D eigenvalue weighted by atomic mass is 16.6. The summed E-state index contributed by atoms with van der Waals surface area (Å²) in [6.45, 7) is 5.57. The molecule has 1 unspecified atom stereocenters. The van der Waals surface area contributed by atoms with Crippen LogP contribution in [-0.4, -0.2) is 35.4 Å². The van der Waals surface area contributed by atoms with Crippen LogP contribution >= 0.6 is 0 Å². The van der Waals surface area contributed by atoms with Crippen LogP contribution in [0, 0.1) is 11.3 Å². The molecule has 1 atom stereocenters. The predicted octanol–water partition coefficient (Wildman–Crippen LogP) is 2.88. The van der Waals surface area contributed by atoms with Gasteiger partial charge in [0.25, 0.3) is 0 Å². The third kappa shape index (κ3) is 6.15. The second-order valence-electron chi connectivity index (χ2n) is 7.74. The van der Waals surface area contributed by atoms with E-state index in [4.69, 9.17) is 10.00 Å². The van der Waals surface area contributed by atoms with Crippen LogP contribution in [-0.2, 0) is 9.53 Å². The Morgan fingerprint density at radius 1 is 1.36 bits per heavy atom. The first-order valence-electron chi connectivity index (χ1n) is 8.93. The number of benzene rings is 1. The number of aliphatic hydroxyl groups is 1. The highest BCUT2D eigenvalue weighted by molar-refractivity contribution is 5.75. The quantitative estimate of drug-likeness (QED) is 0.803. The minimum absolute atomic E-state index is 0.216. The fourth-order valence-electron chi connectivity index (χ4n) is 3.22. The van der Waals surface area contributed by atoms with Gasteiger partial charge < -0.3 is 15.2 Å². The Bertz CT molecular complexity index is 623. The molecule has 1 aliphatic rings. The Kier molecular flexibility index (Phi) is 6.57. The Balaban J connectivity index is 1.77. The summed E-state index contributed by atoms with van der Waals surface area (Å²) in [5.74, 6) is -0.107. The molecular formula is C20H28N2O3. The highest BCUT2D eigenvalue weighted by Crippen LogP contribution is 2.33. The van der Waals surface area contributed by atoms with Gasteiger partial charge in [0.1, 0.15) is 5.60 Å². The number of nitrogens with zero attached hydrogens (tertiary/aromatic N) is 1. The average molecular weight is 344 g/mol. The zero-order valence-corrected chi connectivity index (χ0v) is 15.3. The standard InChI is InChI=1S/C20H28N2O3/c1-20(2,3)25-19(24)18(23)13-22-17-9-7-15(8-10-17)16-6-4-5-14(11-16)12-21/h4-6,11,15,17-18,22-23H,7-10,13H2,1-3H3. The van der Waals surface area contributed by atoms with Gasteiger partial charge in [0.15, 0.2) is 6.10 Å². The number of carbonyl (C=O) groups is 1. The fraction of sp³-hybridized carbons (Fsp3) is 0.600. The third-order valence-electron chi connectivity index (χ3n) is 4.49. The van der Waals surface area contributed by atoms with Crippen LogP contribution in [0.5, 0.6) is 0 Å². The number of nitriles is 1. The largest absolute Gasteiger partial charge is 0.458 e. The summed E-state index contributed by atoms with van der Waals surface area (Å²) in [5, 5.41) is 22.2. The topological polar surface area (TPSA) is 82.3 Å². The molecule has 0 radical (unpaired) electrons. The van der Waals surface area contributed by atoms with Crippen LogP contribution in [0.2, 0.25) is 0 Å². The molecule has 1 aromatic carbocycles. The minimum Gasteiger partial charge on any atom is -0.458 e. The third-order valence-corrected chi connectivity index (χ3v) is 4.49. The van der Waals surface area contributed by atoms with Crippen molar-refractivity contribution < 1.29 is 14.6 Å². The van der Waals surface area contributed by atoms with E-state index < -0.39 is 17.7 Å². The smallest absolute Gasteiger partial charge is 0.336 e. The number of aliphatic hydroxyl groups excluding tert-OH is 1. The molecule has 1 saturated carbocycles. The predicted molar refractivity (Wildman–Crippen MR) is 96.0 cm³/mol. The molecule has 5 heteroatoms. The van der Waals surface area contributed by atoms with Gasteiger partial charge >= 0.3 is 5.97 Å². The summed E-state index contributed by atoms with van der Waals surface area (Å²) in [4.78, 5) is 11.8. The molecule has 1 aromatic rings. The van der Waals surface area contributed by atoms with Crippen LogP contribution in [0.1, 0.15) is 63.5 Å². The lowest BCUT2D eigenvalue weighted by Crippen LogP contribution is -2.42. The van der Waals surface area contributed by atoms with E-state index in [-0.39, 0.29) is 6.54 Å². The number of hydrogen-bond donors (Lipinski definition) is 2. The molecule has 0 spiro atoms. The monoisotopic (exact) mass is 344 g/mol. The summed E-state index contributed by atoms with van der Waals surface area (Å²) in [5.41, 5.74) is 1.35. The molecule has 0 heterocycles. The van der Waals surface area contributed by atoms with Gasteiger partial charge in [-0.3, -0.25) is 0 Å². The molecule has 5 nitrogen and oxygen atoms in total. The van der Waals surface area contributed by atoms with E-state index in [0.717, 1.165) is 25.7 Å². The Morgan fingerprint density at radius 2 is 2.04 bits per heavy atom. The van der Waals surface area contributed by atoms with Crippen molar-refractivity contribution in [3.8, 4) is 6.07 Å². The number of rotatable bonds is 5. The van der Waals surface area contributed by atoms with Crippen LogP contribution in [0.4, 0.5) is 0 Å². The number of hydrogen-bond acceptors (Lipinski definition) is 5. The van der Waals surface area contributed by atoms with E-state index in [0.29, 0.717) is 17.5 Å². The number of nitrogens with one attached hydrogen (secondary N) is 1. The first-order valence-corrected chi connectivity index (χ1v) is 8.93. The molecule has 0 aromatic heterocycles. The highest BCUT2D eigenvalue weighted by Gasteiger charge is 2.26. The van der Waals surface area contributed by atoms with Crippen LogP contribution < -0.4 is 5.32 Å². The molecular weight excluding hydrogens is 316 g/mol. The van der Waals surface area contributed by atoms with Gasteiger partial charge in [-0.15, -0.1) is 0 Å². The van der Waals surface area contributed by atoms with Crippen LogP contribution in [0.3, 0.4) is 0 Å². The van der Waals surface area contributed by atoms with Crippen molar-refractivity contribution in [3.05, 3.63) is 35.4 Å². The van der Waals surface area contributed by atoms with Gasteiger partial charge in [0, 0.05) is 12.6 Å². The average Bonchev–Trinajstić information content (AvgIpc) is 2.58. The van der Waals surface area contributed by atoms with Gasteiger partial charge in [0.2, 0.25) is 0 Å². The number of ether oxygens (including phenoxy) is 1. The zero-order chi connectivity index (χ0) is 18.4. The maximum Gasteiger partial charge on any atom is 0.336 e. The Labute approximate surface area is 150 Å². The SMILES string of the molecule is CC(C)(C)OC(=O)C(O)CNC1CCC(c2cccc(C#N)c2)CC1. The first-order chi connectivity index (χ1) is 11.8. The summed E-state index contributed by atoms with van der Waals surface area (Å²) >= 11 is 0. The Morgan fingerprint density at radius 3 is 2.64 bits per heavy atom. The first kappa shape index (κ1) is 19.4. The number of carbonyl (C=O) groups excluding carboxylic acids is 1. The van der Waals surface area contributed by atoms with E-state index >= 15 is 0 Å². The zero-order valence-electron chi connectivity index (χ0n) is 15.3. The second-order valence-corrected chi connectivity index (χ2v) is 7.74.